The normalized spacial score (nSPS) is 11.2. The Hall–Kier alpha value is -2.53. The highest BCUT2D eigenvalue weighted by Crippen LogP contribution is 2.34. The van der Waals surface area contributed by atoms with Gasteiger partial charge in [0.15, 0.2) is 5.82 Å². The van der Waals surface area contributed by atoms with Gasteiger partial charge in [0.1, 0.15) is 11.6 Å². The van der Waals surface area contributed by atoms with Crippen molar-refractivity contribution in [2.75, 3.05) is 5.32 Å². The Labute approximate surface area is 147 Å². The Bertz CT molecular complexity index is 824. The van der Waals surface area contributed by atoms with Crippen molar-refractivity contribution in [3.05, 3.63) is 40.5 Å². The summed E-state index contributed by atoms with van der Waals surface area (Å²) in [4.78, 5) is 11.9. The van der Waals surface area contributed by atoms with Crippen LogP contribution in [0.4, 0.5) is 19.0 Å². The van der Waals surface area contributed by atoms with Crippen LogP contribution in [0.5, 0.6) is 0 Å². The molecule has 9 heteroatoms. The number of benzene rings is 1. The van der Waals surface area contributed by atoms with Crippen LogP contribution in [0, 0.1) is 11.3 Å². The molecule has 0 bridgehead atoms. The molecule has 0 fully saturated rings. The number of nitriles is 1. The lowest BCUT2D eigenvalue weighted by Gasteiger charge is -2.13. The summed E-state index contributed by atoms with van der Waals surface area (Å²) < 4.78 is 39.4. The molecule has 1 amide bonds. The van der Waals surface area contributed by atoms with E-state index in [4.69, 9.17) is 16.9 Å². The molecule has 1 N–H and O–H groups in total. The number of hydrogen-bond donors (Lipinski definition) is 1. The van der Waals surface area contributed by atoms with Crippen LogP contribution in [0.15, 0.2) is 24.4 Å². The molecule has 1 heterocycles. The molecule has 0 saturated carbocycles. The van der Waals surface area contributed by atoms with Crippen LogP contribution in [0.25, 0.3) is 5.69 Å². The van der Waals surface area contributed by atoms with Gasteiger partial charge in [-0.05, 0) is 24.6 Å². The van der Waals surface area contributed by atoms with Crippen LogP contribution in [0.1, 0.15) is 37.3 Å². The van der Waals surface area contributed by atoms with Gasteiger partial charge in [-0.3, -0.25) is 4.79 Å². The topological polar surface area (TPSA) is 70.7 Å². The Balaban J connectivity index is 2.42. The van der Waals surface area contributed by atoms with E-state index < -0.39 is 11.7 Å². The molecule has 0 radical (unpaired) electrons. The zero-order valence-electron chi connectivity index (χ0n) is 13.2. The van der Waals surface area contributed by atoms with Crippen molar-refractivity contribution >= 4 is 23.3 Å². The summed E-state index contributed by atoms with van der Waals surface area (Å²) in [6, 6.07) is 4.65. The van der Waals surface area contributed by atoms with E-state index in [1.165, 1.54) is 6.20 Å². The van der Waals surface area contributed by atoms with Gasteiger partial charge in [-0.15, -0.1) is 0 Å². The maximum absolute atomic E-state index is 12.7. The molecule has 0 aliphatic carbocycles. The van der Waals surface area contributed by atoms with Crippen molar-refractivity contribution in [2.24, 2.45) is 0 Å². The maximum Gasteiger partial charge on any atom is 0.416 e. The zero-order chi connectivity index (χ0) is 18.6. The molecular formula is C16H14ClF3N4O. The van der Waals surface area contributed by atoms with Crippen LogP contribution in [-0.4, -0.2) is 15.7 Å². The molecule has 5 nitrogen and oxygen atoms in total. The van der Waals surface area contributed by atoms with Crippen LogP contribution in [-0.2, 0) is 11.0 Å². The number of halogens is 4. The van der Waals surface area contributed by atoms with Gasteiger partial charge in [0.05, 0.1) is 22.5 Å². The highest BCUT2D eigenvalue weighted by atomic mass is 35.5. The number of rotatable bonds is 5. The number of alkyl halides is 3. The number of nitrogens with one attached hydrogen (secondary N) is 1. The van der Waals surface area contributed by atoms with E-state index in [9.17, 15) is 18.0 Å². The monoisotopic (exact) mass is 370 g/mol. The van der Waals surface area contributed by atoms with Gasteiger partial charge in [-0.2, -0.15) is 23.5 Å². The van der Waals surface area contributed by atoms with Gasteiger partial charge in [0, 0.05) is 6.42 Å². The van der Waals surface area contributed by atoms with Gasteiger partial charge in [0.25, 0.3) is 0 Å². The first kappa shape index (κ1) is 18.8. The Morgan fingerprint density at radius 1 is 1.44 bits per heavy atom. The van der Waals surface area contributed by atoms with Crippen molar-refractivity contribution in [1.82, 2.24) is 9.78 Å². The van der Waals surface area contributed by atoms with E-state index in [1.54, 1.807) is 0 Å². The van der Waals surface area contributed by atoms with E-state index >= 15 is 0 Å². The average Bonchev–Trinajstić information content (AvgIpc) is 2.94. The van der Waals surface area contributed by atoms with Crippen molar-refractivity contribution in [2.45, 2.75) is 32.4 Å². The molecule has 0 atom stereocenters. The van der Waals surface area contributed by atoms with Gasteiger partial charge in [0.2, 0.25) is 5.91 Å². The lowest BCUT2D eigenvalue weighted by atomic mass is 10.2. The molecule has 2 aromatic rings. The zero-order valence-corrected chi connectivity index (χ0v) is 13.9. The third-order valence-corrected chi connectivity index (χ3v) is 3.71. The van der Waals surface area contributed by atoms with E-state index in [0.29, 0.717) is 6.42 Å². The van der Waals surface area contributed by atoms with Crippen molar-refractivity contribution in [3.8, 4) is 11.8 Å². The number of amides is 1. The largest absolute Gasteiger partial charge is 0.416 e. The first-order valence-electron chi connectivity index (χ1n) is 7.43. The number of anilines is 1. The lowest BCUT2D eigenvalue weighted by molar-refractivity contribution is -0.137. The summed E-state index contributed by atoms with van der Waals surface area (Å²) in [5, 5.41) is 15.5. The fraction of sp³-hybridized carbons (Fsp3) is 0.312. The summed E-state index contributed by atoms with van der Waals surface area (Å²) in [6.07, 6.45) is -1.57. The number of unbranched alkanes of at least 4 members (excludes halogenated alkanes) is 1. The quantitative estimate of drug-likeness (QED) is 0.839. The maximum atomic E-state index is 12.7. The van der Waals surface area contributed by atoms with Crippen LogP contribution in [0.2, 0.25) is 5.02 Å². The number of nitrogens with zero attached hydrogens (tertiary/aromatic N) is 3. The number of hydrogen-bond acceptors (Lipinski definition) is 3. The summed E-state index contributed by atoms with van der Waals surface area (Å²) in [5.41, 5.74) is -0.690. The van der Waals surface area contributed by atoms with E-state index in [-0.39, 0.29) is 34.4 Å². The standard InChI is InChI=1S/C16H14ClF3N4O/c1-2-3-4-14(25)23-15-10(8-21)9-22-24(15)13-6-5-11(7-12(13)17)16(18,19)20/h5-7,9H,2-4H2,1H3,(H,23,25). The second-order valence-electron chi connectivity index (χ2n) is 5.25. The molecule has 132 valence electrons. The molecule has 2 rings (SSSR count). The minimum Gasteiger partial charge on any atom is -0.309 e. The fourth-order valence-electron chi connectivity index (χ4n) is 2.12. The SMILES string of the molecule is CCCCC(=O)Nc1c(C#N)cnn1-c1ccc(C(F)(F)F)cc1Cl. The molecule has 0 aliphatic heterocycles. The van der Waals surface area contributed by atoms with Gasteiger partial charge >= 0.3 is 6.18 Å². The van der Waals surface area contributed by atoms with Gasteiger partial charge < -0.3 is 5.32 Å². The minimum absolute atomic E-state index is 0.0743. The van der Waals surface area contributed by atoms with Crippen molar-refractivity contribution in [1.29, 1.82) is 5.26 Å². The number of aromatic nitrogens is 2. The molecule has 0 spiro atoms. The highest BCUT2D eigenvalue weighted by molar-refractivity contribution is 6.32. The van der Waals surface area contributed by atoms with Crippen LogP contribution >= 0.6 is 11.6 Å². The molecular weight excluding hydrogens is 357 g/mol. The summed E-state index contributed by atoms with van der Waals surface area (Å²) >= 11 is 5.96. The minimum atomic E-state index is -4.53. The first-order valence-corrected chi connectivity index (χ1v) is 7.80. The lowest BCUT2D eigenvalue weighted by Crippen LogP contribution is -2.16. The van der Waals surface area contributed by atoms with E-state index in [2.05, 4.69) is 10.4 Å². The van der Waals surface area contributed by atoms with E-state index in [1.807, 2.05) is 13.0 Å². The summed E-state index contributed by atoms with van der Waals surface area (Å²) in [5.74, 6) is -0.242. The predicted molar refractivity (Wildman–Crippen MR) is 86.4 cm³/mol. The Morgan fingerprint density at radius 2 is 2.16 bits per heavy atom. The third-order valence-electron chi connectivity index (χ3n) is 3.41. The first-order chi connectivity index (χ1) is 11.8. The molecule has 0 saturated heterocycles. The predicted octanol–water partition coefficient (Wildman–Crippen LogP) is 4.54. The Kier molecular flexibility index (Phi) is 5.69. The second-order valence-corrected chi connectivity index (χ2v) is 5.65. The van der Waals surface area contributed by atoms with Crippen LogP contribution in [0.3, 0.4) is 0 Å². The fourth-order valence-corrected chi connectivity index (χ4v) is 2.38. The van der Waals surface area contributed by atoms with Crippen molar-refractivity contribution in [3.63, 3.8) is 0 Å². The number of carbonyl (C=O) groups excluding carboxylic acids is 1. The molecule has 25 heavy (non-hydrogen) atoms. The van der Waals surface area contributed by atoms with Gasteiger partial charge in [-0.25, -0.2) is 4.68 Å². The molecule has 1 aromatic carbocycles. The highest BCUT2D eigenvalue weighted by Gasteiger charge is 2.31. The summed E-state index contributed by atoms with van der Waals surface area (Å²) in [7, 11) is 0. The molecule has 0 aliphatic rings. The van der Waals surface area contributed by atoms with Crippen molar-refractivity contribution < 1.29 is 18.0 Å². The third kappa shape index (κ3) is 4.31. The molecule has 0 unspecified atom stereocenters. The second kappa shape index (κ2) is 7.57. The number of carbonyl (C=O) groups is 1. The summed E-state index contributed by atoms with van der Waals surface area (Å²) in [6.45, 7) is 1.93. The van der Waals surface area contributed by atoms with Crippen LogP contribution < -0.4 is 5.32 Å². The van der Waals surface area contributed by atoms with Gasteiger partial charge in [-0.1, -0.05) is 24.9 Å². The Morgan fingerprint density at radius 3 is 2.72 bits per heavy atom. The smallest absolute Gasteiger partial charge is 0.309 e. The molecule has 1 aromatic heterocycles. The van der Waals surface area contributed by atoms with E-state index in [0.717, 1.165) is 29.3 Å². The average molecular weight is 371 g/mol.